The Morgan fingerprint density at radius 2 is 2.09 bits per heavy atom. The first-order valence-electron chi connectivity index (χ1n) is 11.6. The van der Waals surface area contributed by atoms with Crippen molar-refractivity contribution in [3.05, 3.63) is 82.9 Å². The van der Waals surface area contributed by atoms with Crippen LogP contribution in [0.1, 0.15) is 46.9 Å². The van der Waals surface area contributed by atoms with Crippen LogP contribution in [-0.4, -0.2) is 52.8 Å². The van der Waals surface area contributed by atoms with Gasteiger partial charge in [0.15, 0.2) is 0 Å². The maximum absolute atomic E-state index is 13.0. The molecule has 1 aromatic carbocycles. The zero-order valence-corrected chi connectivity index (χ0v) is 20.5. The van der Waals surface area contributed by atoms with Gasteiger partial charge in [-0.3, -0.25) is 14.8 Å². The largest absolute Gasteiger partial charge is 0.489 e. The van der Waals surface area contributed by atoms with E-state index in [1.54, 1.807) is 20.0 Å². The van der Waals surface area contributed by atoms with Crippen LogP contribution in [0.5, 0.6) is 5.75 Å². The number of carbonyl (C=O) groups is 1. The Bertz CT molecular complexity index is 1290. The number of aliphatic hydroxyl groups is 1. The summed E-state index contributed by atoms with van der Waals surface area (Å²) in [5.41, 5.74) is 3.86. The SMILES string of the molecule is Cc1cccc(Cc2ccnc(C(=O)N[C@H]3COc4ccc(C#CC(C)(C)O)cc4N(C)C3)c2)n1. The third kappa shape index (κ3) is 6.58. The van der Waals surface area contributed by atoms with Gasteiger partial charge >= 0.3 is 0 Å². The van der Waals surface area contributed by atoms with Crippen molar-refractivity contribution in [2.75, 3.05) is 25.1 Å². The molecule has 0 aliphatic carbocycles. The quantitative estimate of drug-likeness (QED) is 0.570. The van der Waals surface area contributed by atoms with E-state index in [1.807, 2.05) is 67.4 Å². The highest BCUT2D eigenvalue weighted by atomic mass is 16.5. The Balaban J connectivity index is 1.43. The van der Waals surface area contributed by atoms with Gasteiger partial charge in [-0.25, -0.2) is 0 Å². The van der Waals surface area contributed by atoms with Crippen molar-refractivity contribution in [2.45, 2.75) is 38.8 Å². The van der Waals surface area contributed by atoms with E-state index in [1.165, 1.54) is 0 Å². The lowest BCUT2D eigenvalue weighted by atomic mass is 10.1. The number of aryl methyl sites for hydroxylation is 1. The maximum atomic E-state index is 13.0. The Hall–Kier alpha value is -3.89. The van der Waals surface area contributed by atoms with E-state index in [2.05, 4.69) is 27.1 Å². The molecule has 0 unspecified atom stereocenters. The van der Waals surface area contributed by atoms with Gasteiger partial charge in [-0.2, -0.15) is 0 Å². The van der Waals surface area contributed by atoms with Crippen molar-refractivity contribution in [3.8, 4) is 17.6 Å². The van der Waals surface area contributed by atoms with Crippen molar-refractivity contribution in [3.63, 3.8) is 0 Å². The highest BCUT2D eigenvalue weighted by Crippen LogP contribution is 2.31. The van der Waals surface area contributed by atoms with Gasteiger partial charge in [0.2, 0.25) is 0 Å². The Labute approximate surface area is 206 Å². The number of anilines is 1. The monoisotopic (exact) mass is 470 g/mol. The number of hydrogen-bond acceptors (Lipinski definition) is 6. The molecule has 0 saturated heterocycles. The van der Waals surface area contributed by atoms with Gasteiger partial charge in [0, 0.05) is 43.2 Å². The summed E-state index contributed by atoms with van der Waals surface area (Å²) in [6, 6.07) is 15.1. The van der Waals surface area contributed by atoms with Crippen LogP contribution in [0.3, 0.4) is 0 Å². The molecule has 0 bridgehead atoms. The van der Waals surface area contributed by atoms with Gasteiger partial charge in [-0.1, -0.05) is 17.9 Å². The number of nitrogens with zero attached hydrogens (tertiary/aromatic N) is 3. The van der Waals surface area contributed by atoms with E-state index in [4.69, 9.17) is 4.74 Å². The Morgan fingerprint density at radius 1 is 1.26 bits per heavy atom. The first-order chi connectivity index (χ1) is 16.7. The number of nitrogens with one attached hydrogen (secondary N) is 1. The molecule has 3 aromatic rings. The molecule has 1 atom stereocenters. The summed E-state index contributed by atoms with van der Waals surface area (Å²) >= 11 is 0. The molecule has 4 rings (SSSR count). The molecule has 0 saturated carbocycles. The zero-order chi connectivity index (χ0) is 25.0. The van der Waals surface area contributed by atoms with Crippen LogP contribution in [0.4, 0.5) is 5.69 Å². The van der Waals surface area contributed by atoms with Crippen LogP contribution in [0.25, 0.3) is 0 Å². The zero-order valence-electron chi connectivity index (χ0n) is 20.5. The molecule has 7 nitrogen and oxygen atoms in total. The number of rotatable bonds is 4. The second-order valence-corrected chi connectivity index (χ2v) is 9.35. The van der Waals surface area contributed by atoms with Gasteiger partial charge < -0.3 is 20.1 Å². The fourth-order valence-corrected chi connectivity index (χ4v) is 3.87. The highest BCUT2D eigenvalue weighted by molar-refractivity contribution is 5.92. The third-order valence-electron chi connectivity index (χ3n) is 5.54. The number of aromatic nitrogens is 2. The summed E-state index contributed by atoms with van der Waals surface area (Å²) in [6.07, 6.45) is 2.29. The summed E-state index contributed by atoms with van der Waals surface area (Å²) in [6.45, 7) is 6.16. The Morgan fingerprint density at radius 3 is 2.86 bits per heavy atom. The predicted molar refractivity (Wildman–Crippen MR) is 136 cm³/mol. The fourth-order valence-electron chi connectivity index (χ4n) is 3.87. The van der Waals surface area contributed by atoms with E-state index in [0.717, 1.165) is 34.0 Å². The van der Waals surface area contributed by atoms with E-state index < -0.39 is 5.60 Å². The van der Waals surface area contributed by atoms with Crippen LogP contribution in [0, 0.1) is 18.8 Å². The lowest BCUT2D eigenvalue weighted by molar-refractivity contribution is 0.0920. The van der Waals surface area contributed by atoms with E-state index in [9.17, 15) is 9.90 Å². The molecule has 3 heterocycles. The van der Waals surface area contributed by atoms with Crippen molar-refractivity contribution in [1.82, 2.24) is 15.3 Å². The van der Waals surface area contributed by atoms with Crippen LogP contribution in [0.15, 0.2) is 54.7 Å². The number of hydrogen-bond donors (Lipinski definition) is 2. The van der Waals surface area contributed by atoms with Gasteiger partial charge in [0.25, 0.3) is 5.91 Å². The summed E-state index contributed by atoms with van der Waals surface area (Å²) in [4.78, 5) is 23.8. The second kappa shape index (κ2) is 10.2. The molecule has 0 spiro atoms. The molecule has 2 aromatic heterocycles. The molecule has 1 aliphatic heterocycles. The molecule has 1 amide bonds. The standard InChI is InChI=1S/C28H30N4O3/c1-19-6-5-7-22(30-19)14-21-11-13-29-24(15-21)27(33)31-23-17-32(4)25-16-20(10-12-28(2,3)34)8-9-26(25)35-18-23/h5-9,11,13,15-16,23,34H,14,17-18H2,1-4H3,(H,31,33)/t23-/m1/s1. The number of pyridine rings is 2. The Kier molecular flexibility index (Phi) is 7.04. The van der Waals surface area contributed by atoms with Crippen LogP contribution in [-0.2, 0) is 6.42 Å². The number of benzene rings is 1. The summed E-state index contributed by atoms with van der Waals surface area (Å²) in [5, 5.41) is 12.9. The minimum absolute atomic E-state index is 0.227. The average Bonchev–Trinajstić information content (AvgIpc) is 2.96. The molecule has 180 valence electrons. The molecule has 7 heteroatoms. The van der Waals surface area contributed by atoms with Crippen molar-refractivity contribution in [1.29, 1.82) is 0 Å². The topological polar surface area (TPSA) is 87.6 Å². The number of fused-ring (bicyclic) bond motifs is 1. The number of amides is 1. The fraction of sp³-hybridized carbons (Fsp3) is 0.321. The van der Waals surface area contributed by atoms with E-state index in [-0.39, 0.29) is 11.9 Å². The first-order valence-corrected chi connectivity index (χ1v) is 11.6. The van der Waals surface area contributed by atoms with Gasteiger partial charge in [0.1, 0.15) is 23.7 Å². The minimum atomic E-state index is -1.06. The van der Waals surface area contributed by atoms with Crippen molar-refractivity contribution < 1.29 is 14.6 Å². The van der Waals surface area contributed by atoms with Gasteiger partial charge in [-0.05, 0) is 68.8 Å². The summed E-state index contributed by atoms with van der Waals surface area (Å²) in [5.74, 6) is 6.31. The van der Waals surface area contributed by atoms with Gasteiger partial charge in [-0.15, -0.1) is 0 Å². The van der Waals surface area contributed by atoms with Crippen LogP contribution < -0.4 is 15.0 Å². The molecule has 0 fully saturated rings. The molecular formula is C28H30N4O3. The lowest BCUT2D eigenvalue weighted by Crippen LogP contribution is -2.45. The third-order valence-corrected chi connectivity index (χ3v) is 5.54. The molecule has 1 aliphatic rings. The minimum Gasteiger partial charge on any atom is -0.489 e. The normalized spacial score (nSPS) is 15.2. The first kappa shape index (κ1) is 24.2. The van der Waals surface area contributed by atoms with E-state index in [0.29, 0.717) is 25.3 Å². The number of likely N-dealkylation sites (N-methyl/N-ethyl adjacent to an activating group) is 1. The predicted octanol–water partition coefficient (Wildman–Crippen LogP) is 3.13. The van der Waals surface area contributed by atoms with Crippen LogP contribution >= 0.6 is 0 Å². The maximum Gasteiger partial charge on any atom is 0.270 e. The molecule has 0 radical (unpaired) electrons. The summed E-state index contributed by atoms with van der Waals surface area (Å²) in [7, 11) is 1.95. The molecular weight excluding hydrogens is 440 g/mol. The van der Waals surface area contributed by atoms with E-state index >= 15 is 0 Å². The lowest BCUT2D eigenvalue weighted by Gasteiger charge is -2.22. The highest BCUT2D eigenvalue weighted by Gasteiger charge is 2.23. The van der Waals surface area contributed by atoms with Crippen LogP contribution in [0.2, 0.25) is 0 Å². The average molecular weight is 471 g/mol. The molecule has 2 N–H and O–H groups in total. The second-order valence-electron chi connectivity index (χ2n) is 9.35. The molecule has 35 heavy (non-hydrogen) atoms. The van der Waals surface area contributed by atoms with Gasteiger partial charge in [0.05, 0.1) is 11.7 Å². The van der Waals surface area contributed by atoms with Crippen molar-refractivity contribution in [2.24, 2.45) is 0 Å². The summed E-state index contributed by atoms with van der Waals surface area (Å²) < 4.78 is 6.00. The smallest absolute Gasteiger partial charge is 0.270 e. The number of carbonyl (C=O) groups excluding carboxylic acids is 1. The number of ether oxygens (including phenoxy) is 1. The van der Waals surface area contributed by atoms with Crippen molar-refractivity contribution >= 4 is 11.6 Å².